The number of para-hydroxylation sites is 1. The number of hydrogen-bond donors (Lipinski definition) is 1. The predicted octanol–water partition coefficient (Wildman–Crippen LogP) is 3.48. The highest BCUT2D eigenvalue weighted by molar-refractivity contribution is 6.00. The lowest BCUT2D eigenvalue weighted by atomic mass is 10.1. The Bertz CT molecular complexity index is 974. The monoisotopic (exact) mass is 322 g/mol. The van der Waals surface area contributed by atoms with E-state index in [2.05, 4.69) is 5.32 Å². The fourth-order valence-corrected chi connectivity index (χ4v) is 2.71. The number of amides is 1. The Morgan fingerprint density at radius 3 is 2.54 bits per heavy atom. The van der Waals surface area contributed by atoms with Crippen LogP contribution in [0.25, 0.3) is 22.3 Å². The van der Waals surface area contributed by atoms with Gasteiger partial charge in [-0.25, -0.2) is 0 Å². The van der Waals surface area contributed by atoms with E-state index in [0.717, 1.165) is 11.3 Å². The molecule has 2 aromatic carbocycles. The summed E-state index contributed by atoms with van der Waals surface area (Å²) in [4.78, 5) is 25.9. The molecule has 0 fully saturated rings. The molecule has 1 N–H and O–H groups in total. The van der Waals surface area contributed by atoms with Gasteiger partial charge in [-0.05, 0) is 24.3 Å². The highest BCUT2D eigenvalue weighted by Gasteiger charge is 2.14. The van der Waals surface area contributed by atoms with E-state index >= 15 is 0 Å². The molecule has 3 aromatic rings. The fourth-order valence-electron chi connectivity index (χ4n) is 2.71. The second-order valence-corrected chi connectivity index (χ2v) is 5.75. The molecule has 0 radical (unpaired) electrons. The average Bonchev–Trinajstić information content (AvgIpc) is 2.54. The van der Waals surface area contributed by atoms with Gasteiger partial charge in [-0.1, -0.05) is 18.2 Å². The quantitative estimate of drug-likeness (QED) is 0.802. The van der Waals surface area contributed by atoms with Gasteiger partial charge >= 0.3 is 0 Å². The molecule has 1 aromatic heterocycles. The Labute approximate surface area is 139 Å². The van der Waals surface area contributed by atoms with Gasteiger partial charge in [-0.15, -0.1) is 0 Å². The van der Waals surface area contributed by atoms with Crippen molar-refractivity contribution < 1.29 is 9.21 Å². The summed E-state index contributed by atoms with van der Waals surface area (Å²) in [5, 5.41) is 3.04. The first-order valence-electron chi connectivity index (χ1n) is 7.58. The second-order valence-electron chi connectivity index (χ2n) is 5.75. The third-order valence-electron chi connectivity index (χ3n) is 3.72. The molecule has 0 aliphatic rings. The summed E-state index contributed by atoms with van der Waals surface area (Å²) in [7, 11) is 3.87. The summed E-state index contributed by atoms with van der Waals surface area (Å²) in [5.74, 6) is 0.265. The average molecular weight is 322 g/mol. The molecule has 0 saturated carbocycles. The lowest BCUT2D eigenvalue weighted by molar-refractivity contribution is -0.114. The highest BCUT2D eigenvalue weighted by atomic mass is 16.3. The highest BCUT2D eigenvalue weighted by Crippen LogP contribution is 2.31. The minimum absolute atomic E-state index is 0.191. The Kier molecular flexibility index (Phi) is 4.08. The minimum Gasteiger partial charge on any atom is -0.456 e. The molecule has 24 heavy (non-hydrogen) atoms. The van der Waals surface area contributed by atoms with Crippen molar-refractivity contribution in [2.45, 2.75) is 6.92 Å². The first-order chi connectivity index (χ1) is 11.5. The van der Waals surface area contributed by atoms with Crippen molar-refractivity contribution in [1.29, 1.82) is 0 Å². The Balaban J connectivity index is 2.24. The number of nitrogens with zero attached hydrogens (tertiary/aromatic N) is 1. The van der Waals surface area contributed by atoms with Crippen molar-refractivity contribution in [1.82, 2.24) is 0 Å². The zero-order valence-electron chi connectivity index (χ0n) is 13.8. The van der Waals surface area contributed by atoms with Gasteiger partial charge in [0.05, 0.1) is 11.1 Å². The molecule has 0 spiro atoms. The van der Waals surface area contributed by atoms with Gasteiger partial charge in [0.15, 0.2) is 5.43 Å². The summed E-state index contributed by atoms with van der Waals surface area (Å²) in [6.07, 6.45) is 0. The van der Waals surface area contributed by atoms with Crippen molar-refractivity contribution >= 4 is 28.3 Å². The summed E-state index contributed by atoms with van der Waals surface area (Å²) in [6, 6.07) is 14.4. The van der Waals surface area contributed by atoms with Crippen LogP contribution in [0.1, 0.15) is 6.92 Å². The first-order valence-corrected chi connectivity index (χ1v) is 7.58. The molecule has 0 aliphatic carbocycles. The molecule has 5 nitrogen and oxygen atoms in total. The molecule has 1 amide bonds. The third kappa shape index (κ3) is 2.88. The number of anilines is 2. The number of benzene rings is 2. The van der Waals surface area contributed by atoms with Gasteiger partial charge < -0.3 is 14.6 Å². The smallest absolute Gasteiger partial charge is 0.221 e. The molecule has 0 aliphatic heterocycles. The topological polar surface area (TPSA) is 62.6 Å². The molecule has 0 atom stereocenters. The molecule has 1 heterocycles. The van der Waals surface area contributed by atoms with E-state index in [-0.39, 0.29) is 11.3 Å². The second kappa shape index (κ2) is 6.20. The van der Waals surface area contributed by atoms with Crippen molar-refractivity contribution in [2.75, 3.05) is 24.3 Å². The summed E-state index contributed by atoms with van der Waals surface area (Å²) in [5.41, 5.74) is 2.51. The van der Waals surface area contributed by atoms with Crippen LogP contribution in [0.15, 0.2) is 57.7 Å². The Morgan fingerprint density at radius 2 is 1.83 bits per heavy atom. The van der Waals surface area contributed by atoms with Crippen LogP contribution in [0.3, 0.4) is 0 Å². The maximum absolute atomic E-state index is 12.6. The normalized spacial score (nSPS) is 10.6. The van der Waals surface area contributed by atoms with Gasteiger partial charge in [0.1, 0.15) is 11.3 Å². The van der Waals surface area contributed by atoms with Crippen molar-refractivity contribution in [3.8, 4) is 11.3 Å². The van der Waals surface area contributed by atoms with Crippen LogP contribution in [0.5, 0.6) is 0 Å². The zero-order valence-corrected chi connectivity index (χ0v) is 13.8. The molecule has 122 valence electrons. The van der Waals surface area contributed by atoms with Gasteiger partial charge in [-0.2, -0.15) is 0 Å². The lowest BCUT2D eigenvalue weighted by Crippen LogP contribution is -2.11. The SMILES string of the molecule is CC(=O)Nc1cccc2oc(-c3ccccc3N(C)C)cc(=O)c12. The molecular weight excluding hydrogens is 304 g/mol. The van der Waals surface area contributed by atoms with E-state index in [1.807, 2.05) is 43.3 Å². The van der Waals surface area contributed by atoms with Crippen molar-refractivity contribution in [3.63, 3.8) is 0 Å². The Morgan fingerprint density at radius 1 is 1.08 bits per heavy atom. The number of carbonyl (C=O) groups is 1. The largest absolute Gasteiger partial charge is 0.456 e. The summed E-state index contributed by atoms with van der Waals surface area (Å²) in [6.45, 7) is 1.40. The van der Waals surface area contributed by atoms with Crippen LogP contribution in [0.4, 0.5) is 11.4 Å². The van der Waals surface area contributed by atoms with Crippen LogP contribution in [-0.2, 0) is 4.79 Å². The number of fused-ring (bicyclic) bond motifs is 1. The minimum atomic E-state index is -0.232. The van der Waals surface area contributed by atoms with E-state index in [0.29, 0.717) is 22.4 Å². The number of rotatable bonds is 3. The fraction of sp³-hybridized carbons (Fsp3) is 0.158. The maximum atomic E-state index is 12.6. The van der Waals surface area contributed by atoms with Crippen molar-refractivity contribution in [3.05, 3.63) is 58.8 Å². The summed E-state index contributed by atoms with van der Waals surface area (Å²) < 4.78 is 5.96. The number of nitrogens with one attached hydrogen (secondary N) is 1. The van der Waals surface area contributed by atoms with Crippen LogP contribution in [0, 0.1) is 0 Å². The number of hydrogen-bond acceptors (Lipinski definition) is 4. The van der Waals surface area contributed by atoms with Crippen LogP contribution in [-0.4, -0.2) is 20.0 Å². The number of carbonyl (C=O) groups excluding carboxylic acids is 1. The van der Waals surface area contributed by atoms with E-state index in [4.69, 9.17) is 4.42 Å². The molecule has 5 heteroatoms. The van der Waals surface area contributed by atoms with Crippen LogP contribution in [0.2, 0.25) is 0 Å². The van der Waals surface area contributed by atoms with Gasteiger partial charge in [-0.3, -0.25) is 9.59 Å². The molecule has 0 unspecified atom stereocenters. The predicted molar refractivity (Wildman–Crippen MR) is 96.6 cm³/mol. The summed E-state index contributed by atoms with van der Waals surface area (Å²) >= 11 is 0. The van der Waals surface area contributed by atoms with Crippen LogP contribution >= 0.6 is 0 Å². The van der Waals surface area contributed by atoms with E-state index in [1.165, 1.54) is 13.0 Å². The lowest BCUT2D eigenvalue weighted by Gasteiger charge is -2.17. The first kappa shape index (κ1) is 15.8. The van der Waals surface area contributed by atoms with Gasteiger partial charge in [0.2, 0.25) is 5.91 Å². The molecule has 0 bridgehead atoms. The van der Waals surface area contributed by atoms with Crippen molar-refractivity contribution in [2.24, 2.45) is 0 Å². The molecule has 3 rings (SSSR count). The van der Waals surface area contributed by atoms with E-state index in [9.17, 15) is 9.59 Å². The van der Waals surface area contributed by atoms with Gasteiger partial charge in [0, 0.05) is 38.3 Å². The molecule has 0 saturated heterocycles. The molecular formula is C19H18N2O3. The van der Waals surface area contributed by atoms with Gasteiger partial charge in [0.25, 0.3) is 0 Å². The van der Waals surface area contributed by atoms with Crippen LogP contribution < -0.4 is 15.6 Å². The Hall–Kier alpha value is -3.08. The van der Waals surface area contributed by atoms with E-state index < -0.39 is 0 Å². The standard InChI is InChI=1S/C19H18N2O3/c1-12(22)20-14-8-6-10-17-19(14)16(23)11-18(24-17)13-7-4-5-9-15(13)21(2)3/h4-11H,1-3H3,(H,20,22). The van der Waals surface area contributed by atoms with E-state index in [1.54, 1.807) is 18.2 Å². The maximum Gasteiger partial charge on any atom is 0.221 e. The zero-order chi connectivity index (χ0) is 17.3. The third-order valence-corrected chi connectivity index (χ3v) is 3.72.